The fourth-order valence-electron chi connectivity index (χ4n) is 2.51. The zero-order valence-corrected chi connectivity index (χ0v) is 15.5. The van der Waals surface area contributed by atoms with Gasteiger partial charge in [-0.3, -0.25) is 10.1 Å². The van der Waals surface area contributed by atoms with E-state index in [1.54, 1.807) is 36.2 Å². The minimum atomic E-state index is -0.851. The van der Waals surface area contributed by atoms with Crippen LogP contribution in [0.5, 0.6) is 0 Å². The number of carbonyl (C=O) groups is 1. The van der Waals surface area contributed by atoms with Crippen LogP contribution in [0.3, 0.4) is 0 Å². The second-order valence-corrected chi connectivity index (χ2v) is 9.33. The van der Waals surface area contributed by atoms with Crippen molar-refractivity contribution in [2.24, 2.45) is 0 Å². The van der Waals surface area contributed by atoms with Crippen LogP contribution in [0.2, 0.25) is 10.0 Å². The Bertz CT molecular complexity index is 743. The molecule has 0 bridgehead atoms. The van der Waals surface area contributed by atoms with Crippen molar-refractivity contribution in [1.82, 2.24) is 10.3 Å². The highest BCUT2D eigenvalue weighted by atomic mass is 35.5. The third kappa shape index (κ3) is 3.23. The van der Waals surface area contributed by atoms with Crippen molar-refractivity contribution in [3.8, 4) is 10.4 Å². The average Bonchev–Trinajstić information content (AvgIpc) is 3.03. The molecule has 0 radical (unpaired) electrons. The number of halogens is 2. The first-order valence-corrected chi connectivity index (χ1v) is 9.31. The summed E-state index contributed by atoms with van der Waals surface area (Å²) in [6, 6.07) is 4.75. The third-order valence-electron chi connectivity index (χ3n) is 3.64. The number of rotatable bonds is 3. The molecule has 1 fully saturated rings. The van der Waals surface area contributed by atoms with Crippen LogP contribution in [-0.4, -0.2) is 26.8 Å². The molecule has 0 amide bonds. The molecule has 4 nitrogen and oxygen atoms in total. The smallest absolute Gasteiger partial charge is 0.322 e. The second-order valence-electron chi connectivity index (χ2n) is 5.70. The maximum Gasteiger partial charge on any atom is 0.322 e. The Kier molecular flexibility index (Phi) is 4.64. The van der Waals surface area contributed by atoms with Gasteiger partial charge >= 0.3 is 5.97 Å². The summed E-state index contributed by atoms with van der Waals surface area (Å²) in [5.74, 6) is -0.851. The van der Waals surface area contributed by atoms with E-state index < -0.39 is 16.8 Å². The van der Waals surface area contributed by atoms with Gasteiger partial charge in [0, 0.05) is 16.5 Å². The summed E-state index contributed by atoms with van der Waals surface area (Å²) >= 11 is 15.5. The van der Waals surface area contributed by atoms with Crippen LogP contribution in [0.1, 0.15) is 24.2 Å². The van der Waals surface area contributed by atoms with Crippen LogP contribution in [0.4, 0.5) is 0 Å². The Hall–Kier alpha value is -0.790. The Morgan fingerprint density at radius 1 is 1.35 bits per heavy atom. The van der Waals surface area contributed by atoms with E-state index in [1.807, 2.05) is 13.8 Å². The molecule has 1 aromatic heterocycles. The number of nitrogens with one attached hydrogen (secondary N) is 1. The number of thioether (sulfide) groups is 1. The molecule has 2 heterocycles. The fraction of sp³-hybridized carbons (Fsp3) is 0.333. The molecule has 2 N–H and O–H groups in total. The molecule has 2 atom stereocenters. The molecule has 1 aliphatic heterocycles. The van der Waals surface area contributed by atoms with Gasteiger partial charge in [0.2, 0.25) is 0 Å². The van der Waals surface area contributed by atoms with Crippen LogP contribution >= 0.6 is 46.3 Å². The van der Waals surface area contributed by atoms with Crippen molar-refractivity contribution in [2.75, 3.05) is 0 Å². The molecule has 0 aliphatic carbocycles. The van der Waals surface area contributed by atoms with E-state index in [2.05, 4.69) is 10.3 Å². The summed E-state index contributed by atoms with van der Waals surface area (Å²) in [5, 5.41) is 14.3. The van der Waals surface area contributed by atoms with E-state index >= 15 is 0 Å². The Balaban J connectivity index is 1.90. The zero-order chi connectivity index (χ0) is 16.8. The molecule has 122 valence electrons. The SMILES string of the molecule is CC1(C)SC(c2ncc(-c3c(Cl)cccc3Cl)s2)NC1C(=O)O. The van der Waals surface area contributed by atoms with Crippen molar-refractivity contribution in [3.05, 3.63) is 39.4 Å². The molecule has 0 spiro atoms. The van der Waals surface area contributed by atoms with Crippen LogP contribution in [0, 0.1) is 0 Å². The van der Waals surface area contributed by atoms with E-state index in [-0.39, 0.29) is 5.37 Å². The number of hydrogen-bond acceptors (Lipinski definition) is 5. The van der Waals surface area contributed by atoms with Crippen molar-refractivity contribution in [2.45, 2.75) is 30.0 Å². The quantitative estimate of drug-likeness (QED) is 0.798. The average molecular weight is 389 g/mol. The normalized spacial score (nSPS) is 23.1. The van der Waals surface area contributed by atoms with Crippen molar-refractivity contribution >= 4 is 52.3 Å². The van der Waals surface area contributed by atoms with Crippen LogP contribution < -0.4 is 5.32 Å². The van der Waals surface area contributed by atoms with Gasteiger partial charge in [0.05, 0.1) is 14.9 Å². The summed E-state index contributed by atoms with van der Waals surface area (Å²) in [6.07, 6.45) is 1.73. The number of nitrogens with zero attached hydrogens (tertiary/aromatic N) is 1. The van der Waals surface area contributed by atoms with Gasteiger partial charge in [0.15, 0.2) is 0 Å². The topological polar surface area (TPSA) is 62.2 Å². The van der Waals surface area contributed by atoms with E-state index in [0.717, 1.165) is 15.4 Å². The molecule has 23 heavy (non-hydrogen) atoms. The Morgan fingerprint density at radius 3 is 2.57 bits per heavy atom. The first-order valence-electron chi connectivity index (χ1n) is 6.86. The van der Waals surface area contributed by atoms with Gasteiger partial charge in [-0.1, -0.05) is 29.3 Å². The largest absolute Gasteiger partial charge is 0.480 e. The maximum absolute atomic E-state index is 11.4. The molecule has 2 aromatic rings. The van der Waals surface area contributed by atoms with Crippen molar-refractivity contribution in [3.63, 3.8) is 0 Å². The monoisotopic (exact) mass is 388 g/mol. The van der Waals surface area contributed by atoms with Gasteiger partial charge in [-0.05, 0) is 26.0 Å². The fourth-order valence-corrected chi connectivity index (χ4v) is 5.72. The minimum absolute atomic E-state index is 0.161. The van der Waals surface area contributed by atoms with Crippen LogP contribution in [-0.2, 0) is 4.79 Å². The number of aliphatic carboxylic acids is 1. The Labute approximate surface area is 152 Å². The van der Waals surface area contributed by atoms with E-state index in [0.29, 0.717) is 10.0 Å². The van der Waals surface area contributed by atoms with Crippen molar-refractivity contribution < 1.29 is 9.90 Å². The van der Waals surface area contributed by atoms with E-state index in [9.17, 15) is 9.90 Å². The number of carboxylic acid groups (broad SMARTS) is 1. The highest BCUT2D eigenvalue weighted by Gasteiger charge is 2.46. The molecule has 0 saturated carbocycles. The summed E-state index contributed by atoms with van der Waals surface area (Å²) in [6.45, 7) is 3.84. The van der Waals surface area contributed by atoms with Gasteiger partial charge in [-0.2, -0.15) is 0 Å². The maximum atomic E-state index is 11.4. The van der Waals surface area contributed by atoms with Crippen LogP contribution in [0.25, 0.3) is 10.4 Å². The number of carboxylic acids is 1. The standard InChI is InChI=1S/C15H14Cl2N2O2S2/c1-15(2)11(14(20)21)19-13(23-15)12-18-6-9(22-12)10-7(16)4-3-5-8(10)17/h3-6,11,13,19H,1-2H3,(H,20,21). The van der Waals surface area contributed by atoms with Gasteiger partial charge < -0.3 is 5.11 Å². The first kappa shape index (κ1) is 17.0. The Morgan fingerprint density at radius 2 is 2.00 bits per heavy atom. The molecule has 3 rings (SSSR count). The lowest BCUT2D eigenvalue weighted by molar-refractivity contribution is -0.139. The minimum Gasteiger partial charge on any atom is -0.480 e. The van der Waals surface area contributed by atoms with Gasteiger partial charge in [0.25, 0.3) is 0 Å². The first-order chi connectivity index (χ1) is 10.8. The van der Waals surface area contributed by atoms with Crippen molar-refractivity contribution in [1.29, 1.82) is 0 Å². The zero-order valence-electron chi connectivity index (χ0n) is 12.3. The lowest BCUT2D eigenvalue weighted by atomic mass is 10.0. The number of hydrogen-bond donors (Lipinski definition) is 2. The summed E-state index contributed by atoms with van der Waals surface area (Å²) in [4.78, 5) is 16.7. The predicted octanol–water partition coefficient (Wildman–Crippen LogP) is 4.68. The third-order valence-corrected chi connectivity index (χ3v) is 6.94. The molecular weight excluding hydrogens is 375 g/mol. The highest BCUT2D eigenvalue weighted by molar-refractivity contribution is 8.01. The van der Waals surface area contributed by atoms with E-state index in [4.69, 9.17) is 23.2 Å². The number of aromatic nitrogens is 1. The lowest BCUT2D eigenvalue weighted by Crippen LogP contribution is -2.43. The molecule has 8 heteroatoms. The summed E-state index contributed by atoms with van der Waals surface area (Å²) < 4.78 is -0.412. The summed E-state index contributed by atoms with van der Waals surface area (Å²) in [7, 11) is 0. The van der Waals surface area contributed by atoms with Gasteiger partial charge in [0.1, 0.15) is 16.4 Å². The second kappa shape index (κ2) is 6.26. The highest BCUT2D eigenvalue weighted by Crippen LogP contribution is 2.48. The van der Waals surface area contributed by atoms with Crippen LogP contribution in [0.15, 0.2) is 24.4 Å². The lowest BCUT2D eigenvalue weighted by Gasteiger charge is -2.20. The number of thiazole rings is 1. The van der Waals surface area contributed by atoms with Gasteiger partial charge in [-0.15, -0.1) is 23.1 Å². The summed E-state index contributed by atoms with van der Waals surface area (Å²) in [5.41, 5.74) is 0.761. The van der Waals surface area contributed by atoms with Gasteiger partial charge in [-0.25, -0.2) is 4.98 Å². The predicted molar refractivity (Wildman–Crippen MR) is 96.5 cm³/mol. The van der Waals surface area contributed by atoms with E-state index in [1.165, 1.54) is 11.3 Å². The molecular formula is C15H14Cl2N2O2S2. The number of benzene rings is 1. The molecule has 1 aliphatic rings. The molecule has 1 saturated heterocycles. The molecule has 2 unspecified atom stereocenters. The molecule has 1 aromatic carbocycles.